The van der Waals surface area contributed by atoms with Crippen molar-refractivity contribution in [2.24, 2.45) is 7.05 Å². The van der Waals surface area contributed by atoms with Crippen LogP contribution in [0.5, 0.6) is 11.6 Å². The summed E-state index contributed by atoms with van der Waals surface area (Å²) in [7, 11) is 1.57. The monoisotopic (exact) mass is 287 g/mol. The zero-order chi connectivity index (χ0) is 14.9. The minimum absolute atomic E-state index is 0.0850. The maximum absolute atomic E-state index is 12.6. The van der Waals surface area contributed by atoms with Gasteiger partial charge in [0.25, 0.3) is 0 Å². The van der Waals surface area contributed by atoms with E-state index in [0.29, 0.717) is 6.07 Å². The molecule has 2 rings (SSSR count). The molecule has 2 aromatic heterocycles. The average Bonchev–Trinajstić information content (AvgIpc) is 2.73. The van der Waals surface area contributed by atoms with Gasteiger partial charge in [0, 0.05) is 7.05 Å². The van der Waals surface area contributed by atoms with E-state index in [1.54, 1.807) is 7.05 Å². The summed E-state index contributed by atoms with van der Waals surface area (Å²) in [5.74, 6) is -1.99. The third kappa shape index (κ3) is 2.87. The second kappa shape index (κ2) is 4.83. The van der Waals surface area contributed by atoms with E-state index in [9.17, 15) is 18.0 Å². The molecule has 0 radical (unpaired) electrons. The van der Waals surface area contributed by atoms with E-state index < -0.39 is 29.3 Å². The molecule has 0 aromatic carbocycles. The van der Waals surface area contributed by atoms with Gasteiger partial charge < -0.3 is 9.84 Å². The van der Waals surface area contributed by atoms with Gasteiger partial charge in [-0.1, -0.05) is 0 Å². The van der Waals surface area contributed by atoms with Gasteiger partial charge >= 0.3 is 12.1 Å². The Morgan fingerprint density at radius 1 is 1.40 bits per heavy atom. The molecule has 9 heteroatoms. The lowest BCUT2D eigenvalue weighted by atomic mass is 10.2. The zero-order valence-corrected chi connectivity index (χ0v) is 10.0. The van der Waals surface area contributed by atoms with E-state index in [0.717, 1.165) is 6.07 Å². The van der Waals surface area contributed by atoms with E-state index in [1.165, 1.54) is 17.1 Å². The summed E-state index contributed by atoms with van der Waals surface area (Å²) in [5.41, 5.74) is -1.71. The van der Waals surface area contributed by atoms with Gasteiger partial charge in [0.1, 0.15) is 11.3 Å². The van der Waals surface area contributed by atoms with Crippen molar-refractivity contribution in [2.75, 3.05) is 0 Å². The second-order valence-electron chi connectivity index (χ2n) is 3.80. The summed E-state index contributed by atoms with van der Waals surface area (Å²) in [6, 6.07) is 1.38. The fourth-order valence-corrected chi connectivity index (χ4v) is 1.40. The van der Waals surface area contributed by atoms with Crippen LogP contribution in [-0.2, 0) is 13.2 Å². The molecule has 20 heavy (non-hydrogen) atoms. The molecule has 0 saturated heterocycles. The van der Waals surface area contributed by atoms with Crippen LogP contribution < -0.4 is 4.74 Å². The van der Waals surface area contributed by atoms with Crippen LogP contribution in [0, 0.1) is 0 Å². The van der Waals surface area contributed by atoms with E-state index in [2.05, 4.69) is 10.1 Å². The van der Waals surface area contributed by atoms with Crippen LogP contribution in [0.1, 0.15) is 16.1 Å². The normalized spacial score (nSPS) is 11.4. The van der Waals surface area contributed by atoms with E-state index in [-0.39, 0.29) is 5.75 Å². The Morgan fingerprint density at radius 2 is 2.10 bits per heavy atom. The van der Waals surface area contributed by atoms with Gasteiger partial charge in [-0.3, -0.25) is 4.68 Å². The third-order valence-corrected chi connectivity index (χ3v) is 2.28. The highest BCUT2D eigenvalue weighted by molar-refractivity contribution is 5.90. The molecular weight excluding hydrogens is 279 g/mol. The van der Waals surface area contributed by atoms with E-state index in [1.807, 2.05) is 0 Å². The van der Waals surface area contributed by atoms with Gasteiger partial charge in [-0.05, 0) is 12.1 Å². The van der Waals surface area contributed by atoms with Crippen molar-refractivity contribution in [1.82, 2.24) is 14.8 Å². The molecule has 2 heterocycles. The Hall–Kier alpha value is -2.58. The maximum atomic E-state index is 12.6. The van der Waals surface area contributed by atoms with Gasteiger partial charge in [0.15, 0.2) is 5.75 Å². The summed E-state index contributed by atoms with van der Waals surface area (Å²) in [5, 5.41) is 12.7. The van der Waals surface area contributed by atoms with Crippen LogP contribution in [-0.4, -0.2) is 25.8 Å². The number of aromatic carboxylic acids is 1. The Morgan fingerprint density at radius 3 is 2.60 bits per heavy atom. The molecule has 2 aromatic rings. The van der Waals surface area contributed by atoms with Crippen LogP contribution >= 0.6 is 0 Å². The van der Waals surface area contributed by atoms with Gasteiger partial charge in [-0.25, -0.2) is 9.78 Å². The standard InChI is InChI=1S/C11H8F3N3O3/c1-17-5-6(4-15-17)20-9-7(10(18)19)2-3-8(16-9)11(12,13)14/h2-5H,1H3,(H,18,19). The number of ether oxygens (including phenoxy) is 1. The lowest BCUT2D eigenvalue weighted by molar-refractivity contribution is -0.141. The summed E-state index contributed by atoms with van der Waals surface area (Å²) in [6.07, 6.45) is -2.09. The number of nitrogens with zero attached hydrogens (tertiary/aromatic N) is 3. The highest BCUT2D eigenvalue weighted by Gasteiger charge is 2.34. The fraction of sp³-hybridized carbons (Fsp3) is 0.182. The molecule has 0 aliphatic rings. The fourth-order valence-electron chi connectivity index (χ4n) is 1.40. The van der Waals surface area contributed by atoms with Gasteiger partial charge in [-0.15, -0.1) is 0 Å². The van der Waals surface area contributed by atoms with Crippen LogP contribution in [0.3, 0.4) is 0 Å². The molecule has 0 atom stereocenters. The SMILES string of the molecule is Cn1cc(Oc2nc(C(F)(F)F)ccc2C(=O)O)cn1. The number of aromatic nitrogens is 3. The van der Waals surface area contributed by atoms with Crippen molar-refractivity contribution in [2.45, 2.75) is 6.18 Å². The first-order valence-electron chi connectivity index (χ1n) is 5.25. The van der Waals surface area contributed by atoms with Gasteiger partial charge in [0.2, 0.25) is 5.88 Å². The molecule has 0 spiro atoms. The first-order chi connectivity index (χ1) is 9.27. The van der Waals surface area contributed by atoms with Crippen molar-refractivity contribution < 1.29 is 27.8 Å². The summed E-state index contributed by atoms with van der Waals surface area (Å²) >= 11 is 0. The highest BCUT2D eigenvalue weighted by atomic mass is 19.4. The van der Waals surface area contributed by atoms with Crippen LogP contribution in [0.4, 0.5) is 13.2 Å². The van der Waals surface area contributed by atoms with Crippen LogP contribution in [0.2, 0.25) is 0 Å². The predicted molar refractivity (Wildman–Crippen MR) is 59.5 cm³/mol. The highest BCUT2D eigenvalue weighted by Crippen LogP contribution is 2.31. The Balaban J connectivity index is 2.44. The quantitative estimate of drug-likeness (QED) is 0.937. The largest absolute Gasteiger partial charge is 0.477 e. The number of hydrogen-bond donors (Lipinski definition) is 1. The number of halogens is 3. The predicted octanol–water partition coefficient (Wildman–Crippen LogP) is 2.32. The number of hydrogen-bond acceptors (Lipinski definition) is 4. The van der Waals surface area contributed by atoms with Crippen molar-refractivity contribution in [3.63, 3.8) is 0 Å². The molecule has 106 valence electrons. The third-order valence-electron chi connectivity index (χ3n) is 2.28. The van der Waals surface area contributed by atoms with Crippen LogP contribution in [0.25, 0.3) is 0 Å². The van der Waals surface area contributed by atoms with E-state index in [4.69, 9.17) is 9.84 Å². The van der Waals surface area contributed by atoms with Crippen molar-refractivity contribution >= 4 is 5.97 Å². The molecule has 0 fully saturated rings. The topological polar surface area (TPSA) is 77.2 Å². The number of rotatable bonds is 3. The molecule has 0 aliphatic heterocycles. The molecule has 0 bridgehead atoms. The molecular formula is C11H8F3N3O3. The lowest BCUT2D eigenvalue weighted by Crippen LogP contribution is -2.11. The Bertz CT molecular complexity index is 652. The van der Waals surface area contributed by atoms with Crippen LogP contribution in [0.15, 0.2) is 24.5 Å². The van der Waals surface area contributed by atoms with Gasteiger partial charge in [0.05, 0.1) is 12.4 Å². The molecule has 1 N–H and O–H groups in total. The van der Waals surface area contributed by atoms with Gasteiger partial charge in [-0.2, -0.15) is 18.3 Å². The van der Waals surface area contributed by atoms with Crippen molar-refractivity contribution in [1.29, 1.82) is 0 Å². The van der Waals surface area contributed by atoms with E-state index >= 15 is 0 Å². The number of pyridine rings is 1. The Kier molecular flexibility index (Phi) is 3.35. The molecule has 6 nitrogen and oxygen atoms in total. The zero-order valence-electron chi connectivity index (χ0n) is 10.0. The second-order valence-corrected chi connectivity index (χ2v) is 3.80. The maximum Gasteiger partial charge on any atom is 0.433 e. The minimum Gasteiger partial charge on any atom is -0.477 e. The summed E-state index contributed by atoms with van der Waals surface area (Å²) in [6.45, 7) is 0. The average molecular weight is 287 g/mol. The minimum atomic E-state index is -4.69. The lowest BCUT2D eigenvalue weighted by Gasteiger charge is -2.10. The smallest absolute Gasteiger partial charge is 0.433 e. The number of carboxylic acids is 1. The molecule has 0 saturated carbocycles. The summed E-state index contributed by atoms with van der Waals surface area (Å²) < 4.78 is 44.1. The number of aryl methyl sites for hydroxylation is 1. The molecule has 0 aliphatic carbocycles. The number of carbonyl (C=O) groups is 1. The van der Waals surface area contributed by atoms with Crippen molar-refractivity contribution in [3.05, 3.63) is 35.8 Å². The molecule has 0 unspecified atom stereocenters. The number of carboxylic acid groups (broad SMARTS) is 1. The number of alkyl halides is 3. The first kappa shape index (κ1) is 13.8. The summed E-state index contributed by atoms with van der Waals surface area (Å²) in [4.78, 5) is 14.2. The first-order valence-corrected chi connectivity index (χ1v) is 5.25. The van der Waals surface area contributed by atoms with Crippen molar-refractivity contribution in [3.8, 4) is 11.6 Å². The Labute approximate surface area is 110 Å². The molecule has 0 amide bonds.